The van der Waals surface area contributed by atoms with E-state index < -0.39 is 0 Å². The summed E-state index contributed by atoms with van der Waals surface area (Å²) in [5.74, 6) is 1.06. The molecule has 0 radical (unpaired) electrons. The van der Waals surface area contributed by atoms with Gasteiger partial charge in [0.1, 0.15) is 11.5 Å². The molecule has 1 aromatic heterocycles. The van der Waals surface area contributed by atoms with E-state index >= 15 is 0 Å². The molecule has 1 heterocycles. The lowest BCUT2D eigenvalue weighted by molar-refractivity contribution is 0.448. The molecular formula is C17H12O2S. The van der Waals surface area contributed by atoms with Crippen LogP contribution in [0, 0.1) is 0 Å². The molecule has 3 heteroatoms. The molecule has 0 saturated carbocycles. The highest BCUT2D eigenvalue weighted by Gasteiger charge is 2.07. The third kappa shape index (κ3) is 2.12. The van der Waals surface area contributed by atoms with Crippen LogP contribution in [0.15, 0.2) is 72.3 Å². The molecule has 0 bridgehead atoms. The van der Waals surface area contributed by atoms with Crippen LogP contribution in [0.2, 0.25) is 0 Å². The Bertz CT molecular complexity index is 890. The summed E-state index contributed by atoms with van der Waals surface area (Å²) in [6.07, 6.45) is 1.53. The number of benzene rings is 2. The second kappa shape index (κ2) is 4.94. The van der Waals surface area contributed by atoms with E-state index in [1.165, 1.54) is 6.08 Å². The zero-order valence-electron chi connectivity index (χ0n) is 10.8. The van der Waals surface area contributed by atoms with Crippen molar-refractivity contribution in [3.8, 4) is 5.75 Å². The second-order valence-corrected chi connectivity index (χ2v) is 5.44. The lowest BCUT2D eigenvalue weighted by Gasteiger charge is -2.06. The van der Waals surface area contributed by atoms with Crippen LogP contribution in [0.4, 0.5) is 0 Å². The molecule has 0 spiro atoms. The predicted octanol–water partition coefficient (Wildman–Crippen LogP) is 4.49. The van der Waals surface area contributed by atoms with E-state index in [4.69, 9.17) is 4.74 Å². The van der Waals surface area contributed by atoms with Crippen molar-refractivity contribution < 1.29 is 4.74 Å². The maximum atomic E-state index is 12.5. The molecule has 3 aromatic rings. The van der Waals surface area contributed by atoms with E-state index in [-0.39, 0.29) is 5.43 Å². The first-order valence-electron chi connectivity index (χ1n) is 6.14. The van der Waals surface area contributed by atoms with Gasteiger partial charge in [-0.2, -0.15) is 0 Å². The fourth-order valence-corrected chi connectivity index (χ4v) is 3.09. The van der Waals surface area contributed by atoms with Crippen molar-refractivity contribution >= 4 is 31.5 Å². The van der Waals surface area contributed by atoms with Gasteiger partial charge in [0.15, 0.2) is 5.43 Å². The first kappa shape index (κ1) is 12.6. The maximum Gasteiger partial charge on any atom is 0.196 e. The molecule has 0 fully saturated rings. The van der Waals surface area contributed by atoms with Crippen molar-refractivity contribution in [1.29, 1.82) is 0 Å². The average Bonchev–Trinajstić information content (AvgIpc) is 2.48. The Morgan fingerprint density at radius 3 is 2.65 bits per heavy atom. The van der Waals surface area contributed by atoms with Gasteiger partial charge in [0.2, 0.25) is 0 Å². The summed E-state index contributed by atoms with van der Waals surface area (Å²) in [5.41, 5.74) is 0.0315. The molecule has 3 rings (SSSR count). The van der Waals surface area contributed by atoms with Gasteiger partial charge in [0.05, 0.1) is 0 Å². The van der Waals surface area contributed by atoms with Crippen LogP contribution in [0.5, 0.6) is 5.75 Å². The van der Waals surface area contributed by atoms with Gasteiger partial charge in [0.25, 0.3) is 0 Å². The Kier molecular flexibility index (Phi) is 3.12. The number of hydrogen-bond acceptors (Lipinski definition) is 3. The van der Waals surface area contributed by atoms with E-state index in [0.717, 1.165) is 14.8 Å². The highest BCUT2D eigenvalue weighted by atomic mass is 32.1. The van der Waals surface area contributed by atoms with E-state index in [9.17, 15) is 4.79 Å². The Labute approximate surface area is 120 Å². The van der Waals surface area contributed by atoms with Gasteiger partial charge in [-0.25, -0.2) is 0 Å². The van der Waals surface area contributed by atoms with E-state index in [2.05, 4.69) is 13.2 Å². The van der Waals surface area contributed by atoms with E-state index in [0.29, 0.717) is 16.9 Å². The number of fused-ring (bicyclic) bond motifs is 2. The zero-order valence-corrected chi connectivity index (χ0v) is 11.6. The Hall–Kier alpha value is -2.39. The van der Waals surface area contributed by atoms with Gasteiger partial charge >= 0.3 is 0 Å². The SMILES string of the molecule is C=CC(=C)Oc1ccc2sc3ccccc3c(=O)c2c1. The van der Waals surface area contributed by atoms with Crippen molar-refractivity contribution in [2.24, 2.45) is 0 Å². The normalized spacial score (nSPS) is 10.6. The first-order valence-corrected chi connectivity index (χ1v) is 6.95. The number of rotatable bonds is 3. The molecule has 20 heavy (non-hydrogen) atoms. The van der Waals surface area contributed by atoms with Crippen LogP contribution in [0.1, 0.15) is 0 Å². The second-order valence-electron chi connectivity index (χ2n) is 4.36. The minimum Gasteiger partial charge on any atom is -0.458 e. The molecule has 0 unspecified atom stereocenters. The summed E-state index contributed by atoms with van der Waals surface area (Å²) >= 11 is 1.60. The quantitative estimate of drug-likeness (QED) is 0.401. The van der Waals surface area contributed by atoms with Crippen molar-refractivity contribution in [2.45, 2.75) is 0 Å². The summed E-state index contributed by atoms with van der Waals surface area (Å²) in [6, 6.07) is 13.1. The van der Waals surface area contributed by atoms with E-state index in [1.54, 1.807) is 17.4 Å². The molecule has 0 aliphatic carbocycles. The van der Waals surface area contributed by atoms with E-state index in [1.807, 2.05) is 36.4 Å². The van der Waals surface area contributed by atoms with Gasteiger partial charge in [-0.05, 0) is 36.4 Å². The molecule has 0 aliphatic heterocycles. The number of hydrogen-bond donors (Lipinski definition) is 0. The molecule has 0 aliphatic rings. The van der Waals surface area contributed by atoms with Gasteiger partial charge in [-0.3, -0.25) is 4.79 Å². The van der Waals surface area contributed by atoms with Crippen molar-refractivity contribution in [2.75, 3.05) is 0 Å². The van der Waals surface area contributed by atoms with Crippen molar-refractivity contribution in [1.82, 2.24) is 0 Å². The minimum absolute atomic E-state index is 0.0315. The standard InChI is InChI=1S/C17H12O2S/c1-3-11(2)19-12-8-9-16-14(10-12)17(18)13-6-4-5-7-15(13)20-16/h3-10H,1-2H2. The molecule has 2 nitrogen and oxygen atoms in total. The largest absolute Gasteiger partial charge is 0.458 e. The predicted molar refractivity (Wildman–Crippen MR) is 85.6 cm³/mol. The highest BCUT2D eigenvalue weighted by molar-refractivity contribution is 7.24. The summed E-state index contributed by atoms with van der Waals surface area (Å²) in [7, 11) is 0. The van der Waals surface area contributed by atoms with Crippen LogP contribution >= 0.6 is 11.3 Å². The van der Waals surface area contributed by atoms with Crippen LogP contribution in [0.25, 0.3) is 20.2 Å². The third-order valence-corrected chi connectivity index (χ3v) is 4.18. The number of ether oxygens (including phenoxy) is 1. The van der Waals surface area contributed by atoms with Crippen LogP contribution in [-0.4, -0.2) is 0 Å². The average molecular weight is 280 g/mol. The Morgan fingerprint density at radius 1 is 1.10 bits per heavy atom. The van der Waals surface area contributed by atoms with Gasteiger partial charge in [0, 0.05) is 20.2 Å². The molecule has 0 amide bonds. The molecule has 0 atom stereocenters. The van der Waals surface area contributed by atoms with Crippen LogP contribution < -0.4 is 10.2 Å². The van der Waals surface area contributed by atoms with Crippen molar-refractivity contribution in [3.05, 3.63) is 77.7 Å². The van der Waals surface area contributed by atoms with Gasteiger partial charge in [-0.1, -0.05) is 25.3 Å². The maximum absolute atomic E-state index is 12.5. The molecule has 2 aromatic carbocycles. The summed E-state index contributed by atoms with van der Waals surface area (Å²) in [6.45, 7) is 7.30. The highest BCUT2D eigenvalue weighted by Crippen LogP contribution is 2.27. The minimum atomic E-state index is 0.0315. The smallest absolute Gasteiger partial charge is 0.196 e. The molecular weight excluding hydrogens is 268 g/mol. The third-order valence-electron chi connectivity index (χ3n) is 3.02. The Morgan fingerprint density at radius 2 is 1.85 bits per heavy atom. The molecule has 98 valence electrons. The van der Waals surface area contributed by atoms with Gasteiger partial charge in [-0.15, -0.1) is 11.3 Å². The van der Waals surface area contributed by atoms with Crippen LogP contribution in [-0.2, 0) is 0 Å². The molecule has 0 N–H and O–H groups in total. The fourth-order valence-electron chi connectivity index (χ4n) is 2.04. The first-order chi connectivity index (χ1) is 9.69. The summed E-state index contributed by atoms with van der Waals surface area (Å²) < 4.78 is 7.44. The van der Waals surface area contributed by atoms with Gasteiger partial charge < -0.3 is 4.74 Å². The lowest BCUT2D eigenvalue weighted by atomic mass is 10.2. The fraction of sp³-hybridized carbons (Fsp3) is 0. The zero-order chi connectivity index (χ0) is 14.1. The topological polar surface area (TPSA) is 26.3 Å². The van der Waals surface area contributed by atoms with Crippen LogP contribution in [0.3, 0.4) is 0 Å². The monoisotopic (exact) mass is 280 g/mol. The van der Waals surface area contributed by atoms with Crippen molar-refractivity contribution in [3.63, 3.8) is 0 Å². The lowest BCUT2D eigenvalue weighted by Crippen LogP contribution is -2.01. The number of allylic oxidation sites excluding steroid dienone is 1. The summed E-state index contributed by atoms with van der Waals surface area (Å²) in [4.78, 5) is 12.5. The molecule has 0 saturated heterocycles. The Balaban J connectivity index is 2.25. The summed E-state index contributed by atoms with van der Waals surface area (Å²) in [5, 5.41) is 1.41.